The first-order chi connectivity index (χ1) is 17.2. The third-order valence-corrected chi connectivity index (χ3v) is 7.34. The monoisotopic (exact) mass is 514 g/mol. The maximum absolute atomic E-state index is 13.8. The Hall–Kier alpha value is -3.74. The van der Waals surface area contributed by atoms with Crippen molar-refractivity contribution in [3.63, 3.8) is 0 Å². The summed E-state index contributed by atoms with van der Waals surface area (Å²) in [7, 11) is 6.51. The molecule has 1 saturated carbocycles. The molecule has 1 fully saturated rings. The number of aromatic hydroxyl groups is 1. The van der Waals surface area contributed by atoms with Crippen LogP contribution in [0.4, 0.5) is 5.69 Å². The molecule has 12 nitrogen and oxygen atoms in total. The van der Waals surface area contributed by atoms with Gasteiger partial charge in [0.15, 0.2) is 11.4 Å². The molecule has 0 aliphatic heterocycles. The number of phenols is 1. The fourth-order valence-corrected chi connectivity index (χ4v) is 5.84. The molecule has 0 saturated heterocycles. The summed E-state index contributed by atoms with van der Waals surface area (Å²) in [5, 5.41) is 47.0. The normalized spacial score (nSPS) is 27.3. The van der Waals surface area contributed by atoms with Gasteiger partial charge in [-0.3, -0.25) is 24.1 Å². The highest BCUT2D eigenvalue weighted by Gasteiger charge is 2.64. The number of phenolic OH excluding ortho intramolecular Hbond substituents is 1. The number of aliphatic hydroxyl groups is 3. The van der Waals surface area contributed by atoms with Crippen molar-refractivity contribution in [2.45, 2.75) is 24.5 Å². The summed E-state index contributed by atoms with van der Waals surface area (Å²) in [6, 6.07) is 1.58. The van der Waals surface area contributed by atoms with Gasteiger partial charge in [0, 0.05) is 17.2 Å². The summed E-state index contributed by atoms with van der Waals surface area (Å²) >= 11 is 0. The van der Waals surface area contributed by atoms with Crippen molar-refractivity contribution in [2.24, 2.45) is 17.6 Å². The molecule has 3 aliphatic rings. The molecule has 0 bridgehead atoms. The van der Waals surface area contributed by atoms with Gasteiger partial charge in [0.25, 0.3) is 5.91 Å². The van der Waals surface area contributed by atoms with E-state index in [1.165, 1.54) is 31.1 Å². The molecule has 12 heteroatoms. The molecular weight excluding hydrogens is 484 g/mol. The number of hydrogen-bond donors (Lipinski definition) is 6. The number of hydrogen-bond acceptors (Lipinski definition) is 10. The van der Waals surface area contributed by atoms with Crippen molar-refractivity contribution in [1.29, 1.82) is 0 Å². The number of likely N-dealkylation sites (N-methyl/N-ethyl adjacent to an activating group) is 2. The third-order valence-electron chi connectivity index (χ3n) is 7.34. The number of ketones is 2. The summed E-state index contributed by atoms with van der Waals surface area (Å²) in [5.74, 6) is -7.54. The number of carbonyl (C=O) groups is 4. The van der Waals surface area contributed by atoms with Crippen LogP contribution in [-0.4, -0.2) is 100.0 Å². The van der Waals surface area contributed by atoms with Crippen molar-refractivity contribution in [1.82, 2.24) is 9.80 Å². The van der Waals surface area contributed by atoms with Gasteiger partial charge < -0.3 is 36.4 Å². The van der Waals surface area contributed by atoms with E-state index in [-0.39, 0.29) is 42.2 Å². The molecule has 2 amide bonds. The van der Waals surface area contributed by atoms with Crippen LogP contribution in [0.15, 0.2) is 29.0 Å². The molecule has 4 atom stereocenters. The van der Waals surface area contributed by atoms with Gasteiger partial charge >= 0.3 is 0 Å². The van der Waals surface area contributed by atoms with Crippen LogP contribution in [0.5, 0.6) is 5.75 Å². The van der Waals surface area contributed by atoms with E-state index in [0.717, 1.165) is 0 Å². The van der Waals surface area contributed by atoms with Crippen LogP contribution in [0, 0.1) is 11.8 Å². The van der Waals surface area contributed by atoms with Crippen LogP contribution in [0.1, 0.15) is 17.5 Å². The molecule has 4 rings (SSSR count). The number of fused-ring (bicyclic) bond motifs is 3. The van der Waals surface area contributed by atoms with Gasteiger partial charge in [0.1, 0.15) is 22.8 Å². The number of anilines is 1. The van der Waals surface area contributed by atoms with Gasteiger partial charge in [0.2, 0.25) is 11.7 Å². The van der Waals surface area contributed by atoms with E-state index in [2.05, 4.69) is 5.32 Å². The topological polar surface area (TPSA) is 194 Å². The minimum Gasteiger partial charge on any atom is -0.508 e. The highest BCUT2D eigenvalue weighted by Crippen LogP contribution is 2.53. The van der Waals surface area contributed by atoms with Crippen LogP contribution in [0.3, 0.4) is 0 Å². The lowest BCUT2D eigenvalue weighted by molar-refractivity contribution is -0.153. The molecular formula is C25H30N4O8. The first-order valence-corrected chi connectivity index (χ1v) is 11.7. The number of carbonyl (C=O) groups excluding carboxylic acids is 4. The van der Waals surface area contributed by atoms with Gasteiger partial charge in [-0.2, -0.15) is 0 Å². The Morgan fingerprint density at radius 3 is 2.35 bits per heavy atom. The van der Waals surface area contributed by atoms with Crippen molar-refractivity contribution in [2.75, 3.05) is 40.1 Å². The number of aliphatic hydroxyl groups excluding tert-OH is 2. The Balaban J connectivity index is 1.89. The van der Waals surface area contributed by atoms with E-state index in [1.807, 2.05) is 0 Å². The van der Waals surface area contributed by atoms with Crippen LogP contribution >= 0.6 is 0 Å². The number of Topliss-reactive ketones (excluding diaryl/α,β-unsaturated/α-hetero) is 2. The molecule has 0 heterocycles. The molecule has 0 unspecified atom stereocenters. The van der Waals surface area contributed by atoms with Gasteiger partial charge in [-0.15, -0.1) is 0 Å². The maximum atomic E-state index is 13.8. The third kappa shape index (κ3) is 3.88. The van der Waals surface area contributed by atoms with E-state index in [9.17, 15) is 39.6 Å². The summed E-state index contributed by atoms with van der Waals surface area (Å²) in [6.45, 7) is 0.0835. The lowest BCUT2D eigenvalue weighted by atomic mass is 9.57. The average Bonchev–Trinajstić information content (AvgIpc) is 2.77. The second kappa shape index (κ2) is 8.98. The zero-order valence-corrected chi connectivity index (χ0v) is 20.9. The molecule has 1 aromatic carbocycles. The lowest BCUT2D eigenvalue weighted by Crippen LogP contribution is -2.65. The highest BCUT2D eigenvalue weighted by atomic mass is 16.3. The van der Waals surface area contributed by atoms with E-state index in [4.69, 9.17) is 5.73 Å². The minimum absolute atomic E-state index is 0.0352. The maximum Gasteiger partial charge on any atom is 0.255 e. The zero-order valence-electron chi connectivity index (χ0n) is 20.9. The fraction of sp³-hybridized carbons (Fsp3) is 0.440. The Morgan fingerprint density at radius 1 is 1.14 bits per heavy atom. The van der Waals surface area contributed by atoms with Crippen molar-refractivity contribution in [3.05, 3.63) is 40.2 Å². The first-order valence-electron chi connectivity index (χ1n) is 11.7. The Morgan fingerprint density at radius 2 is 1.78 bits per heavy atom. The number of benzene rings is 1. The number of amides is 2. The van der Waals surface area contributed by atoms with Crippen LogP contribution in [0.2, 0.25) is 0 Å². The molecule has 0 aromatic heterocycles. The predicted octanol–water partition coefficient (Wildman–Crippen LogP) is -0.536. The molecule has 37 heavy (non-hydrogen) atoms. The van der Waals surface area contributed by atoms with E-state index in [1.54, 1.807) is 19.0 Å². The minimum atomic E-state index is -2.70. The van der Waals surface area contributed by atoms with Gasteiger partial charge in [-0.05, 0) is 64.6 Å². The predicted molar refractivity (Wildman–Crippen MR) is 131 cm³/mol. The molecule has 7 N–H and O–H groups in total. The first kappa shape index (κ1) is 26.3. The molecule has 198 valence electrons. The van der Waals surface area contributed by atoms with Crippen molar-refractivity contribution < 1.29 is 39.6 Å². The number of rotatable bonds is 5. The molecule has 0 spiro atoms. The molecule has 0 radical (unpaired) electrons. The summed E-state index contributed by atoms with van der Waals surface area (Å²) in [6.07, 6.45) is 0.0486. The fourth-order valence-electron chi connectivity index (χ4n) is 5.84. The summed E-state index contributed by atoms with van der Waals surface area (Å²) in [4.78, 5) is 54.5. The largest absolute Gasteiger partial charge is 0.508 e. The summed E-state index contributed by atoms with van der Waals surface area (Å²) in [5.41, 5.74) is 2.14. The van der Waals surface area contributed by atoms with Crippen LogP contribution in [-0.2, 0) is 25.6 Å². The van der Waals surface area contributed by atoms with Gasteiger partial charge in [-0.25, -0.2) is 0 Å². The molecule has 3 aliphatic carbocycles. The summed E-state index contributed by atoms with van der Waals surface area (Å²) < 4.78 is 0. The second-order valence-corrected chi connectivity index (χ2v) is 10.2. The Bertz CT molecular complexity index is 1300. The van der Waals surface area contributed by atoms with Crippen molar-refractivity contribution >= 4 is 34.8 Å². The SMILES string of the molecule is CN(C)CC(=O)Nc1ccc(O)c2c1C[C@@H]1C[C@@H]3[C@@H](N(C)C)C(=O)C(C(N)=O)=C(O)[C@]3(O)C(=O)C1=C2O. The Kier molecular flexibility index (Phi) is 6.39. The van der Waals surface area contributed by atoms with Gasteiger partial charge in [-0.1, -0.05) is 0 Å². The number of nitrogens with two attached hydrogens (primary N) is 1. The van der Waals surface area contributed by atoms with Crippen molar-refractivity contribution in [3.8, 4) is 5.75 Å². The standard InChI is InChI=1S/C25H30N4O8/c1-28(2)9-15(31)27-13-5-6-14(30)17-11(13)7-10-8-12-19(29(3)4)21(33)18(24(26)36)23(35)25(12,37)22(34)16(10)20(17)32/h5-6,10,12,19,30,32,35,37H,7-9H2,1-4H3,(H2,26,36)(H,27,31)/t10-,12-,19-,25-/m1/s1. The number of nitrogens with zero attached hydrogens (tertiary/aromatic N) is 2. The lowest BCUT2D eigenvalue weighted by Gasteiger charge is -2.50. The van der Waals surface area contributed by atoms with E-state index < -0.39 is 58.0 Å². The van der Waals surface area contributed by atoms with E-state index in [0.29, 0.717) is 11.3 Å². The van der Waals surface area contributed by atoms with Crippen LogP contribution < -0.4 is 11.1 Å². The van der Waals surface area contributed by atoms with Gasteiger partial charge in [0.05, 0.1) is 18.2 Å². The molecule has 1 aromatic rings. The quantitative estimate of drug-likeness (QED) is 0.220. The second-order valence-electron chi connectivity index (χ2n) is 10.2. The average molecular weight is 515 g/mol. The van der Waals surface area contributed by atoms with E-state index >= 15 is 0 Å². The van der Waals surface area contributed by atoms with Crippen LogP contribution in [0.25, 0.3) is 5.76 Å². The smallest absolute Gasteiger partial charge is 0.255 e. The zero-order chi connectivity index (χ0) is 27.6. The number of primary amides is 1. The highest BCUT2D eigenvalue weighted by molar-refractivity contribution is 6.24. The number of nitrogens with one attached hydrogen (secondary N) is 1. The Labute approximate surface area is 212 Å².